The summed E-state index contributed by atoms with van der Waals surface area (Å²) < 4.78 is 39.3. The highest BCUT2D eigenvalue weighted by Crippen LogP contribution is 2.30. The van der Waals surface area contributed by atoms with E-state index in [1.807, 2.05) is 0 Å². The first-order valence-corrected chi connectivity index (χ1v) is 4.61. The van der Waals surface area contributed by atoms with Crippen LogP contribution < -0.4 is 0 Å². The number of hydrogen-bond acceptors (Lipinski definition) is 1. The second-order valence-electron chi connectivity index (χ2n) is 4.20. The van der Waals surface area contributed by atoms with Gasteiger partial charge in [0.1, 0.15) is 5.82 Å². The van der Waals surface area contributed by atoms with Crippen molar-refractivity contribution in [3.63, 3.8) is 0 Å². The molecule has 5 heteroatoms. The summed E-state index contributed by atoms with van der Waals surface area (Å²) >= 11 is 0. The van der Waals surface area contributed by atoms with Crippen LogP contribution >= 0.6 is 0 Å². The van der Waals surface area contributed by atoms with Crippen LogP contribution in [-0.2, 0) is 10.2 Å². The van der Waals surface area contributed by atoms with Crippen molar-refractivity contribution in [2.24, 2.45) is 0 Å². The fraction of sp³-hybridized carbons (Fsp3) is 0.364. The van der Waals surface area contributed by atoms with Crippen LogP contribution in [0.5, 0.6) is 0 Å². The zero-order valence-corrected chi connectivity index (χ0v) is 8.85. The zero-order chi connectivity index (χ0) is 12.5. The minimum Gasteiger partial charge on any atom is -0.481 e. The fourth-order valence-corrected chi connectivity index (χ4v) is 1.52. The van der Waals surface area contributed by atoms with Crippen LogP contribution in [-0.4, -0.2) is 11.1 Å². The first-order chi connectivity index (χ1) is 7.24. The molecule has 0 heterocycles. The van der Waals surface area contributed by atoms with E-state index in [4.69, 9.17) is 5.11 Å². The molecule has 1 rings (SSSR count). The molecule has 0 saturated carbocycles. The Morgan fingerprint density at radius 2 is 1.88 bits per heavy atom. The van der Waals surface area contributed by atoms with Gasteiger partial charge in [0.25, 0.3) is 0 Å². The van der Waals surface area contributed by atoms with Gasteiger partial charge in [-0.1, -0.05) is 13.8 Å². The van der Waals surface area contributed by atoms with Gasteiger partial charge in [0, 0.05) is 11.5 Å². The lowest BCUT2D eigenvalue weighted by Crippen LogP contribution is -2.24. The van der Waals surface area contributed by atoms with Crippen molar-refractivity contribution >= 4 is 5.97 Å². The molecule has 0 aliphatic carbocycles. The summed E-state index contributed by atoms with van der Waals surface area (Å²) in [7, 11) is 0. The van der Waals surface area contributed by atoms with Gasteiger partial charge in [-0.15, -0.1) is 0 Å². The van der Waals surface area contributed by atoms with Crippen LogP contribution in [0.15, 0.2) is 12.1 Å². The number of carbonyl (C=O) groups is 1. The Balaban J connectivity index is 3.26. The quantitative estimate of drug-likeness (QED) is 0.813. The Morgan fingerprint density at radius 1 is 1.31 bits per heavy atom. The van der Waals surface area contributed by atoms with Crippen molar-refractivity contribution < 1.29 is 23.1 Å². The van der Waals surface area contributed by atoms with Gasteiger partial charge >= 0.3 is 5.97 Å². The Bertz CT molecular complexity index is 427. The maximum absolute atomic E-state index is 13.4. The van der Waals surface area contributed by atoms with Crippen LogP contribution in [0.1, 0.15) is 25.8 Å². The van der Waals surface area contributed by atoms with Gasteiger partial charge in [-0.2, -0.15) is 0 Å². The predicted molar refractivity (Wildman–Crippen MR) is 51.6 cm³/mol. The lowest BCUT2D eigenvalue weighted by molar-refractivity contribution is -0.138. The van der Waals surface area contributed by atoms with Gasteiger partial charge in [0.05, 0.1) is 6.42 Å². The topological polar surface area (TPSA) is 37.3 Å². The average Bonchev–Trinajstić information content (AvgIpc) is 2.08. The largest absolute Gasteiger partial charge is 0.481 e. The Labute approximate surface area is 90.7 Å². The predicted octanol–water partition coefficient (Wildman–Crippen LogP) is 2.86. The van der Waals surface area contributed by atoms with Crippen molar-refractivity contribution in [3.8, 4) is 0 Å². The SMILES string of the molecule is CC(C)(CC(=O)O)c1cc(F)cc(F)c1F. The maximum atomic E-state index is 13.4. The number of rotatable bonds is 3. The van der Waals surface area contributed by atoms with E-state index < -0.39 is 35.3 Å². The lowest BCUT2D eigenvalue weighted by atomic mass is 9.81. The van der Waals surface area contributed by atoms with Gasteiger partial charge in [-0.3, -0.25) is 4.79 Å². The van der Waals surface area contributed by atoms with Crippen molar-refractivity contribution in [2.75, 3.05) is 0 Å². The summed E-state index contributed by atoms with van der Waals surface area (Å²) in [5, 5.41) is 8.63. The second kappa shape index (κ2) is 4.15. The molecule has 0 saturated heterocycles. The molecule has 0 atom stereocenters. The van der Waals surface area contributed by atoms with Crippen LogP contribution in [0.25, 0.3) is 0 Å². The third kappa shape index (κ3) is 2.53. The number of benzene rings is 1. The number of carboxylic acids is 1. The third-order valence-electron chi connectivity index (χ3n) is 2.32. The van der Waals surface area contributed by atoms with Crippen molar-refractivity contribution in [1.82, 2.24) is 0 Å². The van der Waals surface area contributed by atoms with Gasteiger partial charge in [0.2, 0.25) is 0 Å². The van der Waals surface area contributed by atoms with E-state index in [2.05, 4.69) is 0 Å². The highest BCUT2D eigenvalue weighted by molar-refractivity contribution is 5.68. The molecule has 88 valence electrons. The molecule has 0 aromatic heterocycles. The van der Waals surface area contributed by atoms with E-state index in [1.165, 1.54) is 13.8 Å². The van der Waals surface area contributed by atoms with Crippen LogP contribution in [0.3, 0.4) is 0 Å². The highest BCUT2D eigenvalue weighted by Gasteiger charge is 2.29. The lowest BCUT2D eigenvalue weighted by Gasteiger charge is -2.23. The average molecular weight is 232 g/mol. The van der Waals surface area contributed by atoms with Crippen molar-refractivity contribution in [3.05, 3.63) is 35.1 Å². The number of hydrogen-bond donors (Lipinski definition) is 1. The van der Waals surface area contributed by atoms with E-state index in [9.17, 15) is 18.0 Å². The monoisotopic (exact) mass is 232 g/mol. The molecule has 1 N–H and O–H groups in total. The van der Waals surface area contributed by atoms with Crippen LogP contribution in [0, 0.1) is 17.5 Å². The molecular weight excluding hydrogens is 221 g/mol. The molecule has 0 amide bonds. The fourth-order valence-electron chi connectivity index (χ4n) is 1.52. The molecule has 1 aromatic carbocycles. The minimum atomic E-state index is -1.31. The van der Waals surface area contributed by atoms with E-state index in [0.717, 1.165) is 6.07 Å². The van der Waals surface area contributed by atoms with Crippen molar-refractivity contribution in [2.45, 2.75) is 25.7 Å². The third-order valence-corrected chi connectivity index (χ3v) is 2.32. The van der Waals surface area contributed by atoms with Crippen molar-refractivity contribution in [1.29, 1.82) is 0 Å². The number of halogens is 3. The summed E-state index contributed by atoms with van der Waals surface area (Å²) in [6, 6.07) is 1.25. The zero-order valence-electron chi connectivity index (χ0n) is 8.85. The van der Waals surface area contributed by atoms with E-state index in [0.29, 0.717) is 6.07 Å². The normalized spacial score (nSPS) is 11.6. The molecule has 0 radical (unpaired) electrons. The Hall–Kier alpha value is -1.52. The molecule has 1 aromatic rings. The molecule has 0 fully saturated rings. The molecular formula is C11H11F3O2. The van der Waals surface area contributed by atoms with Gasteiger partial charge in [0.15, 0.2) is 11.6 Å². The number of aliphatic carboxylic acids is 1. The Morgan fingerprint density at radius 3 is 2.38 bits per heavy atom. The van der Waals surface area contributed by atoms with Crippen LogP contribution in [0.2, 0.25) is 0 Å². The van der Waals surface area contributed by atoms with E-state index in [-0.39, 0.29) is 5.56 Å². The first kappa shape index (κ1) is 12.5. The van der Waals surface area contributed by atoms with Gasteiger partial charge in [-0.25, -0.2) is 13.2 Å². The minimum absolute atomic E-state index is 0.271. The van der Waals surface area contributed by atoms with Gasteiger partial charge in [-0.05, 0) is 11.6 Å². The van der Waals surface area contributed by atoms with E-state index in [1.54, 1.807) is 0 Å². The van der Waals surface area contributed by atoms with E-state index >= 15 is 0 Å². The number of carboxylic acid groups (broad SMARTS) is 1. The molecule has 0 aliphatic rings. The summed E-state index contributed by atoms with van der Waals surface area (Å²) in [4.78, 5) is 10.6. The molecule has 0 aliphatic heterocycles. The second-order valence-corrected chi connectivity index (χ2v) is 4.20. The molecule has 0 unspecified atom stereocenters. The van der Waals surface area contributed by atoms with Gasteiger partial charge < -0.3 is 5.11 Å². The Kier molecular flexibility index (Phi) is 3.26. The molecule has 0 spiro atoms. The summed E-state index contributed by atoms with van der Waals surface area (Å²) in [5.41, 5.74) is -1.44. The molecule has 16 heavy (non-hydrogen) atoms. The summed E-state index contributed by atoms with van der Waals surface area (Å²) in [5.74, 6) is -4.59. The molecule has 2 nitrogen and oxygen atoms in total. The van der Waals surface area contributed by atoms with Crippen LogP contribution in [0.4, 0.5) is 13.2 Å². The summed E-state index contributed by atoms with van der Waals surface area (Å²) in [6.07, 6.45) is -0.410. The summed E-state index contributed by atoms with van der Waals surface area (Å²) in [6.45, 7) is 2.83. The standard InChI is InChI=1S/C11H11F3O2/c1-11(2,5-9(15)16)7-3-6(12)4-8(13)10(7)14/h3-4H,5H2,1-2H3,(H,15,16). The highest BCUT2D eigenvalue weighted by atomic mass is 19.2. The molecule has 0 bridgehead atoms. The smallest absolute Gasteiger partial charge is 0.304 e. The first-order valence-electron chi connectivity index (χ1n) is 4.61. The maximum Gasteiger partial charge on any atom is 0.304 e.